The highest BCUT2D eigenvalue weighted by Crippen LogP contribution is 2.67. The minimum Gasteiger partial charge on any atom is -0.431 e. The minimum atomic E-state index is -0.477. The van der Waals surface area contributed by atoms with Crippen molar-refractivity contribution in [3.05, 3.63) is 24.3 Å². The number of ketones is 1. The molecule has 2 aromatic rings. The minimum absolute atomic E-state index is 0.127. The Hall–Kier alpha value is -1.33. The average molecular weight is 496 g/mol. The molecule has 0 spiro atoms. The third-order valence-corrected chi connectivity index (χ3v) is 12.0. The number of rotatable bonds is 4. The second kappa shape index (κ2) is 8.62. The SMILES string of the molecule is C[C@@]1(O)CC[C@@]2(C)[C@@H](CC[C@@H]3[C@@H]2CC[C@]2(C)[C@@H](C(=O)CSc4nc5ccccc5o4)CCC[C@@H]32)C1. The molecule has 4 nitrogen and oxygen atoms in total. The number of hydrogen-bond acceptors (Lipinski definition) is 5. The summed E-state index contributed by atoms with van der Waals surface area (Å²) in [5, 5.41) is 11.4. The maximum absolute atomic E-state index is 13.7. The third kappa shape index (κ3) is 4.00. The van der Waals surface area contributed by atoms with Crippen LogP contribution in [0.15, 0.2) is 33.9 Å². The molecule has 1 aromatic heterocycles. The Morgan fingerprint density at radius 3 is 2.66 bits per heavy atom. The van der Waals surface area contributed by atoms with Gasteiger partial charge >= 0.3 is 0 Å². The maximum atomic E-state index is 13.7. The summed E-state index contributed by atoms with van der Waals surface area (Å²) in [5.41, 5.74) is 1.67. The molecule has 1 heterocycles. The predicted molar refractivity (Wildman–Crippen MR) is 140 cm³/mol. The van der Waals surface area contributed by atoms with E-state index in [0.717, 1.165) is 42.2 Å². The lowest BCUT2D eigenvalue weighted by molar-refractivity contribution is -0.168. The van der Waals surface area contributed by atoms with Crippen LogP contribution in [-0.2, 0) is 4.79 Å². The van der Waals surface area contributed by atoms with Gasteiger partial charge in [0.2, 0.25) is 0 Å². The highest BCUT2D eigenvalue weighted by atomic mass is 32.2. The van der Waals surface area contributed by atoms with E-state index in [-0.39, 0.29) is 11.3 Å². The van der Waals surface area contributed by atoms with Crippen LogP contribution in [0.1, 0.15) is 85.0 Å². The van der Waals surface area contributed by atoms with E-state index in [2.05, 4.69) is 18.8 Å². The molecule has 4 fully saturated rings. The topological polar surface area (TPSA) is 63.3 Å². The monoisotopic (exact) mass is 495 g/mol. The number of carbonyl (C=O) groups excluding carboxylic acids is 1. The first-order valence-corrected chi connectivity index (χ1v) is 14.9. The molecule has 4 saturated carbocycles. The highest BCUT2D eigenvalue weighted by Gasteiger charge is 2.60. The standard InChI is InChI=1S/C30H41NO3S/c1-28(33)15-16-29(2)19(17-28)11-12-20-21-7-6-8-23(30(21,3)14-13-22(20)29)25(32)18-35-27-31-24-9-4-5-10-26(24)34-27/h4-5,9-10,19-23,33H,6-8,11-18H2,1-3H3/t19-,20-,21-,22-,23+,28+,29-,30-/m0/s1. The lowest BCUT2D eigenvalue weighted by Crippen LogP contribution is -2.58. The lowest BCUT2D eigenvalue weighted by Gasteiger charge is -2.64. The van der Waals surface area contributed by atoms with Gasteiger partial charge in [0.25, 0.3) is 5.22 Å². The van der Waals surface area contributed by atoms with Gasteiger partial charge in [0.05, 0.1) is 11.4 Å². The summed E-state index contributed by atoms with van der Waals surface area (Å²) < 4.78 is 5.87. The summed E-state index contributed by atoms with van der Waals surface area (Å²) >= 11 is 1.47. The molecule has 1 N–H and O–H groups in total. The zero-order valence-corrected chi connectivity index (χ0v) is 22.4. The molecular formula is C30H41NO3S. The van der Waals surface area contributed by atoms with Crippen LogP contribution in [0.4, 0.5) is 0 Å². The molecular weight excluding hydrogens is 454 g/mol. The molecule has 0 radical (unpaired) electrons. The molecule has 8 atom stereocenters. The molecule has 0 aliphatic heterocycles. The van der Waals surface area contributed by atoms with Crippen molar-refractivity contribution in [1.82, 2.24) is 4.98 Å². The first-order chi connectivity index (χ1) is 16.7. The number of benzene rings is 1. The molecule has 5 heteroatoms. The number of para-hydroxylation sites is 2. The van der Waals surface area contributed by atoms with E-state index in [0.29, 0.717) is 34.0 Å². The Bertz CT molecular complexity index is 1080. The van der Waals surface area contributed by atoms with Gasteiger partial charge in [-0.05, 0) is 111 Å². The Kier molecular flexibility index (Phi) is 5.92. The number of oxazole rings is 1. The molecule has 4 aliphatic rings. The molecule has 190 valence electrons. The van der Waals surface area contributed by atoms with Crippen molar-refractivity contribution < 1.29 is 14.3 Å². The zero-order valence-electron chi connectivity index (χ0n) is 21.6. The summed E-state index contributed by atoms with van der Waals surface area (Å²) in [7, 11) is 0. The van der Waals surface area contributed by atoms with E-state index in [9.17, 15) is 9.90 Å². The Morgan fingerprint density at radius 1 is 1.03 bits per heavy atom. The Balaban J connectivity index is 1.18. The third-order valence-electron chi connectivity index (χ3n) is 11.2. The fourth-order valence-electron chi connectivity index (χ4n) is 9.30. The van der Waals surface area contributed by atoms with Gasteiger partial charge in [-0.15, -0.1) is 0 Å². The zero-order chi connectivity index (χ0) is 24.4. The van der Waals surface area contributed by atoms with Crippen molar-refractivity contribution in [2.75, 3.05) is 5.75 Å². The number of Topliss-reactive ketones (excluding diaryl/α,β-unsaturated/α-hetero) is 1. The average Bonchev–Trinajstić information content (AvgIpc) is 3.25. The summed E-state index contributed by atoms with van der Waals surface area (Å²) in [6.07, 6.45) is 11.6. The van der Waals surface area contributed by atoms with E-state index < -0.39 is 5.60 Å². The Morgan fingerprint density at radius 2 is 1.83 bits per heavy atom. The highest BCUT2D eigenvalue weighted by molar-refractivity contribution is 7.99. The molecule has 0 amide bonds. The summed E-state index contributed by atoms with van der Waals surface area (Å²) in [4.78, 5) is 18.2. The van der Waals surface area contributed by atoms with Gasteiger partial charge in [0.1, 0.15) is 11.3 Å². The number of fused-ring (bicyclic) bond motifs is 6. The van der Waals surface area contributed by atoms with E-state index in [1.165, 1.54) is 56.7 Å². The van der Waals surface area contributed by atoms with Crippen LogP contribution in [0.2, 0.25) is 0 Å². The summed E-state index contributed by atoms with van der Waals surface area (Å²) in [6.45, 7) is 7.06. The van der Waals surface area contributed by atoms with Gasteiger partial charge in [-0.1, -0.05) is 44.2 Å². The van der Waals surface area contributed by atoms with Crippen LogP contribution in [0.5, 0.6) is 0 Å². The summed E-state index contributed by atoms with van der Waals surface area (Å²) in [6, 6.07) is 7.81. The number of hydrogen-bond donors (Lipinski definition) is 1. The molecule has 35 heavy (non-hydrogen) atoms. The van der Waals surface area contributed by atoms with Crippen molar-refractivity contribution in [2.45, 2.75) is 95.8 Å². The number of aromatic nitrogens is 1. The van der Waals surface area contributed by atoms with Crippen molar-refractivity contribution in [3.63, 3.8) is 0 Å². The van der Waals surface area contributed by atoms with Crippen LogP contribution in [0.25, 0.3) is 11.1 Å². The van der Waals surface area contributed by atoms with Crippen LogP contribution < -0.4 is 0 Å². The van der Waals surface area contributed by atoms with Crippen molar-refractivity contribution in [3.8, 4) is 0 Å². The van der Waals surface area contributed by atoms with Crippen LogP contribution in [0.3, 0.4) is 0 Å². The molecule has 0 unspecified atom stereocenters. The van der Waals surface area contributed by atoms with Gasteiger partial charge in [-0.25, -0.2) is 4.98 Å². The first kappa shape index (κ1) is 24.0. The van der Waals surface area contributed by atoms with E-state index in [1.807, 2.05) is 31.2 Å². The van der Waals surface area contributed by atoms with Gasteiger partial charge in [0, 0.05) is 5.92 Å². The van der Waals surface area contributed by atoms with E-state index in [1.54, 1.807) is 0 Å². The van der Waals surface area contributed by atoms with Gasteiger partial charge in [-0.2, -0.15) is 0 Å². The second-order valence-corrected chi connectivity index (χ2v) is 14.0. The van der Waals surface area contributed by atoms with Crippen LogP contribution in [-0.4, -0.2) is 27.2 Å². The lowest BCUT2D eigenvalue weighted by atomic mass is 9.41. The van der Waals surface area contributed by atoms with Crippen molar-refractivity contribution in [1.29, 1.82) is 0 Å². The fraction of sp³-hybridized carbons (Fsp3) is 0.733. The quantitative estimate of drug-likeness (QED) is 0.451. The largest absolute Gasteiger partial charge is 0.431 e. The van der Waals surface area contributed by atoms with Gasteiger partial charge in [0.15, 0.2) is 5.58 Å². The molecule has 6 rings (SSSR count). The Labute approximate surface area is 214 Å². The first-order valence-electron chi connectivity index (χ1n) is 13.9. The van der Waals surface area contributed by atoms with Crippen LogP contribution in [0, 0.1) is 40.4 Å². The molecule has 0 bridgehead atoms. The smallest absolute Gasteiger partial charge is 0.257 e. The molecule has 4 aliphatic carbocycles. The number of nitrogens with zero attached hydrogens (tertiary/aromatic N) is 1. The predicted octanol–water partition coefficient (Wildman–Crippen LogP) is 7.29. The number of aliphatic hydroxyl groups is 1. The normalized spacial score (nSPS) is 43.3. The summed E-state index contributed by atoms with van der Waals surface area (Å²) in [5.74, 6) is 3.86. The van der Waals surface area contributed by atoms with Crippen molar-refractivity contribution >= 4 is 28.6 Å². The second-order valence-electron chi connectivity index (χ2n) is 13.1. The van der Waals surface area contributed by atoms with E-state index in [4.69, 9.17) is 4.42 Å². The fourth-order valence-corrected chi connectivity index (χ4v) is 10.1. The van der Waals surface area contributed by atoms with Crippen molar-refractivity contribution in [2.24, 2.45) is 40.4 Å². The van der Waals surface area contributed by atoms with Crippen LogP contribution >= 0.6 is 11.8 Å². The number of carbonyl (C=O) groups is 1. The number of thioether (sulfide) groups is 1. The van der Waals surface area contributed by atoms with E-state index >= 15 is 0 Å². The molecule has 0 saturated heterocycles. The molecule has 1 aromatic carbocycles. The van der Waals surface area contributed by atoms with Gasteiger partial charge in [-0.3, -0.25) is 4.79 Å². The van der Waals surface area contributed by atoms with Gasteiger partial charge < -0.3 is 9.52 Å². The maximum Gasteiger partial charge on any atom is 0.257 e.